The van der Waals surface area contributed by atoms with Gasteiger partial charge in [-0.15, -0.1) is 0 Å². The summed E-state index contributed by atoms with van der Waals surface area (Å²) in [4.78, 5) is 72.6. The summed E-state index contributed by atoms with van der Waals surface area (Å²) >= 11 is 0. The second kappa shape index (κ2) is 16.9. The molecule has 2 saturated heterocycles. The zero-order chi connectivity index (χ0) is 42.2. The number of hydrogen-bond acceptors (Lipinski definition) is 8. The number of aromatic amines is 2. The van der Waals surface area contributed by atoms with Crippen LogP contribution in [0.25, 0.3) is 44.2 Å². The molecule has 4 heterocycles. The molecule has 0 spiro atoms. The summed E-state index contributed by atoms with van der Waals surface area (Å²) in [6, 6.07) is 18.0. The van der Waals surface area contributed by atoms with Crippen molar-refractivity contribution in [2.75, 3.05) is 26.9 Å². The van der Waals surface area contributed by atoms with Crippen LogP contribution >= 0.6 is 0 Å². The van der Waals surface area contributed by atoms with Gasteiger partial charge in [-0.1, -0.05) is 89.7 Å². The fourth-order valence-electron chi connectivity index (χ4n) is 8.64. The van der Waals surface area contributed by atoms with Crippen molar-refractivity contribution in [1.29, 1.82) is 0 Å². The molecule has 2 aliphatic heterocycles. The molecule has 2 aliphatic rings. The lowest BCUT2D eigenvalue weighted by Crippen LogP contribution is -2.52. The quantitative estimate of drug-likeness (QED) is 0.0981. The van der Waals surface area contributed by atoms with E-state index in [1.54, 1.807) is 0 Å². The van der Waals surface area contributed by atoms with E-state index in [-0.39, 0.29) is 35.7 Å². The summed E-state index contributed by atoms with van der Waals surface area (Å²) in [7, 11) is 0.822. The minimum atomic E-state index is -1.78. The predicted octanol–water partition coefficient (Wildman–Crippen LogP) is 7.72. The van der Waals surface area contributed by atoms with Gasteiger partial charge in [-0.25, -0.2) is 19.6 Å². The molecule has 2 fully saturated rings. The normalized spacial score (nSPS) is 19.2. The molecule has 0 radical (unpaired) electrons. The van der Waals surface area contributed by atoms with Crippen molar-refractivity contribution in [1.82, 2.24) is 40.4 Å². The summed E-state index contributed by atoms with van der Waals surface area (Å²) in [5.41, 5.74) is 5.74. The molecule has 5 atom stereocenters. The number of aromatic nitrogens is 4. The smallest absolute Gasteiger partial charge is 0.407 e. The van der Waals surface area contributed by atoms with Crippen molar-refractivity contribution < 1.29 is 28.7 Å². The zero-order valence-electron chi connectivity index (χ0n) is 35.2. The first-order valence-electron chi connectivity index (χ1n) is 20.6. The van der Waals surface area contributed by atoms with Gasteiger partial charge in [0.05, 0.1) is 57.3 Å². The van der Waals surface area contributed by atoms with Gasteiger partial charge in [-0.05, 0) is 64.9 Å². The monoisotopic (exact) mass is 820 g/mol. The SMILES string of the molecule is CC[C@@H](C)[C@@H](NC(=O)OC)C(=O)N1C[Si](C)(C)C[C@@H]1c1nc2c(ccc3cc(-c4ccc(-c5cnc([C@@H]6CCCN6C(=O)[C@@H](NC(=O)OC)C(C)C)[nH]5)cc4)ccc32)[nH]1. The lowest BCUT2D eigenvalue weighted by molar-refractivity contribution is -0.136. The number of H-pyrrole nitrogens is 2. The molecule has 7 rings (SSSR count). The van der Waals surface area contributed by atoms with Crippen LogP contribution in [0.5, 0.6) is 0 Å². The highest BCUT2D eigenvalue weighted by molar-refractivity contribution is 6.78. The van der Waals surface area contributed by atoms with E-state index in [0.29, 0.717) is 12.7 Å². The Bertz CT molecular complexity index is 2360. The van der Waals surface area contributed by atoms with Gasteiger partial charge in [0.1, 0.15) is 23.7 Å². The van der Waals surface area contributed by atoms with Gasteiger partial charge in [0.15, 0.2) is 0 Å². The van der Waals surface area contributed by atoms with Gasteiger partial charge in [0.25, 0.3) is 0 Å². The van der Waals surface area contributed by atoms with Crippen LogP contribution in [-0.2, 0) is 19.1 Å². The molecular weight excluding hydrogens is 765 g/mol. The van der Waals surface area contributed by atoms with Crippen molar-refractivity contribution in [3.63, 3.8) is 0 Å². The molecule has 0 aliphatic carbocycles. The van der Waals surface area contributed by atoms with E-state index in [1.165, 1.54) is 14.2 Å². The number of carbonyl (C=O) groups excluding carboxylic acids is 4. The molecule has 5 aromatic rings. The molecule has 2 aromatic heterocycles. The van der Waals surface area contributed by atoms with Gasteiger partial charge in [-0.2, -0.15) is 0 Å². The fourth-order valence-corrected chi connectivity index (χ4v) is 11.5. The first-order chi connectivity index (χ1) is 28.2. The Morgan fingerprint density at radius 3 is 2.17 bits per heavy atom. The second-order valence-corrected chi connectivity index (χ2v) is 22.2. The highest BCUT2D eigenvalue weighted by Crippen LogP contribution is 2.40. The highest BCUT2D eigenvalue weighted by Gasteiger charge is 2.46. The van der Waals surface area contributed by atoms with Crippen LogP contribution < -0.4 is 10.6 Å². The van der Waals surface area contributed by atoms with Gasteiger partial charge < -0.3 is 39.9 Å². The molecule has 59 heavy (non-hydrogen) atoms. The number of alkyl carbamates (subject to hydrolysis) is 2. The number of rotatable bonds is 11. The standard InChI is InChI=1S/C44H56N8O6Si/c1-9-26(4)37(50-44(56)58-6)42(54)52-24-59(7,8)23-35(52)40-46-32-19-17-30-21-29(16-18-31(30)38(32)48-40)27-12-14-28(15-13-27)33-22-45-39(47-33)34-11-10-20-51(34)41(53)36(25(2)3)49-43(55)57-5/h12-19,21-22,25-26,34-37H,9-11,20,23-24H2,1-8H3,(H,45,47)(H,46,48)(H,49,55)(H,50,56)/t26-,34+,35-,36+,37-/m1/s1. The number of benzene rings is 3. The molecule has 4 amide bonds. The number of fused-ring (bicyclic) bond motifs is 3. The van der Waals surface area contributed by atoms with Crippen molar-refractivity contribution >= 4 is 53.9 Å². The average molecular weight is 821 g/mol. The minimum absolute atomic E-state index is 0.0644. The summed E-state index contributed by atoms with van der Waals surface area (Å²) in [5, 5.41) is 7.59. The third-order valence-corrected chi connectivity index (χ3v) is 14.8. The van der Waals surface area contributed by atoms with E-state index in [0.717, 1.165) is 81.1 Å². The molecule has 312 valence electrons. The van der Waals surface area contributed by atoms with Crippen LogP contribution in [-0.4, -0.2) is 101 Å². The number of ether oxygens (including phenoxy) is 2. The maximum absolute atomic E-state index is 14.1. The van der Waals surface area contributed by atoms with Crippen LogP contribution in [0.15, 0.2) is 60.8 Å². The summed E-state index contributed by atoms with van der Waals surface area (Å²) < 4.78 is 9.64. The lowest BCUT2D eigenvalue weighted by atomic mass is 9.97. The molecule has 15 heteroatoms. The number of amides is 4. The number of hydrogen-bond donors (Lipinski definition) is 4. The maximum Gasteiger partial charge on any atom is 0.407 e. The first-order valence-corrected chi connectivity index (χ1v) is 24.0. The van der Waals surface area contributed by atoms with Crippen LogP contribution in [0.3, 0.4) is 0 Å². The van der Waals surface area contributed by atoms with Gasteiger partial charge in [0, 0.05) is 18.1 Å². The molecule has 14 nitrogen and oxygen atoms in total. The van der Waals surface area contributed by atoms with E-state index in [4.69, 9.17) is 19.4 Å². The second-order valence-electron chi connectivity index (χ2n) is 17.2. The molecule has 0 bridgehead atoms. The third-order valence-electron chi connectivity index (χ3n) is 12.1. The lowest BCUT2D eigenvalue weighted by Gasteiger charge is -2.31. The Morgan fingerprint density at radius 1 is 0.831 bits per heavy atom. The highest BCUT2D eigenvalue weighted by atomic mass is 28.3. The van der Waals surface area contributed by atoms with Crippen LogP contribution in [0, 0.1) is 11.8 Å². The molecule has 4 N–H and O–H groups in total. The summed E-state index contributed by atoms with van der Waals surface area (Å²) in [6.07, 6.45) is 3.62. The number of methoxy groups -OCH3 is 2. The Morgan fingerprint density at radius 2 is 1.49 bits per heavy atom. The van der Waals surface area contributed by atoms with E-state index in [9.17, 15) is 19.2 Å². The van der Waals surface area contributed by atoms with Crippen molar-refractivity contribution in [2.24, 2.45) is 11.8 Å². The Hall–Kier alpha value is -5.70. The molecular formula is C44H56N8O6Si. The number of likely N-dealkylation sites (tertiary alicyclic amines) is 1. The van der Waals surface area contributed by atoms with Crippen molar-refractivity contribution in [2.45, 2.75) is 90.3 Å². The topological polar surface area (TPSA) is 175 Å². The van der Waals surface area contributed by atoms with Gasteiger partial charge in [-0.3, -0.25) is 9.59 Å². The fraction of sp³-hybridized carbons (Fsp3) is 0.455. The Balaban J connectivity index is 1.09. The maximum atomic E-state index is 14.1. The first kappa shape index (κ1) is 41.5. The molecule has 0 unspecified atom stereocenters. The van der Waals surface area contributed by atoms with Crippen molar-refractivity contribution in [3.05, 3.63) is 72.4 Å². The Labute approximate surface area is 345 Å². The number of carbonyl (C=O) groups is 4. The third kappa shape index (κ3) is 8.43. The number of nitrogens with one attached hydrogen (secondary N) is 4. The van der Waals surface area contributed by atoms with E-state index in [1.807, 2.05) is 43.7 Å². The summed E-state index contributed by atoms with van der Waals surface area (Å²) in [5.74, 6) is 1.08. The van der Waals surface area contributed by atoms with Crippen LogP contribution in [0.4, 0.5) is 9.59 Å². The molecule has 3 aromatic carbocycles. The van der Waals surface area contributed by atoms with Gasteiger partial charge in [0.2, 0.25) is 11.8 Å². The average Bonchev–Trinajstić information content (AvgIpc) is 4.06. The summed E-state index contributed by atoms with van der Waals surface area (Å²) in [6.45, 7) is 13.0. The van der Waals surface area contributed by atoms with E-state index in [2.05, 4.69) is 88.3 Å². The number of imidazole rings is 2. The Kier molecular flexibility index (Phi) is 11.9. The van der Waals surface area contributed by atoms with Gasteiger partial charge >= 0.3 is 12.2 Å². The minimum Gasteiger partial charge on any atom is -0.453 e. The van der Waals surface area contributed by atoms with Crippen LogP contribution in [0.2, 0.25) is 19.1 Å². The van der Waals surface area contributed by atoms with Crippen LogP contribution in [0.1, 0.15) is 70.7 Å². The van der Waals surface area contributed by atoms with E-state index < -0.39 is 32.3 Å². The largest absolute Gasteiger partial charge is 0.453 e. The van der Waals surface area contributed by atoms with E-state index >= 15 is 0 Å². The van der Waals surface area contributed by atoms with Crippen molar-refractivity contribution in [3.8, 4) is 22.4 Å². The number of nitrogens with zero attached hydrogens (tertiary/aromatic N) is 4. The zero-order valence-corrected chi connectivity index (χ0v) is 36.2. The molecule has 0 saturated carbocycles. The predicted molar refractivity (Wildman–Crippen MR) is 230 cm³/mol.